The number of nitriles is 1. The van der Waals surface area contributed by atoms with Gasteiger partial charge in [0.05, 0.1) is 23.9 Å². The van der Waals surface area contributed by atoms with Crippen LogP contribution in [0.15, 0.2) is 61.4 Å². The third-order valence-corrected chi connectivity index (χ3v) is 4.33. The van der Waals surface area contributed by atoms with Gasteiger partial charge in [-0.3, -0.25) is 9.97 Å². The molecular formula is C20H15FN6. The predicted octanol–water partition coefficient (Wildman–Crippen LogP) is 3.24. The van der Waals surface area contributed by atoms with Gasteiger partial charge >= 0.3 is 0 Å². The van der Waals surface area contributed by atoms with E-state index < -0.39 is 0 Å². The van der Waals surface area contributed by atoms with Gasteiger partial charge < -0.3 is 10.3 Å². The lowest BCUT2D eigenvalue weighted by molar-refractivity contribution is 0.590. The topological polar surface area (TPSA) is 90.3 Å². The molecule has 0 spiro atoms. The Morgan fingerprint density at radius 1 is 1.19 bits per heavy atom. The summed E-state index contributed by atoms with van der Waals surface area (Å²) in [5, 5.41) is 13.7. The van der Waals surface area contributed by atoms with E-state index in [9.17, 15) is 9.65 Å². The van der Waals surface area contributed by atoms with E-state index in [4.69, 9.17) is 0 Å². The molecule has 0 aliphatic rings. The van der Waals surface area contributed by atoms with Crippen LogP contribution in [0.5, 0.6) is 0 Å². The number of nitrogens with zero attached hydrogens (tertiary/aromatic N) is 4. The minimum atomic E-state index is -0.379. The number of aromatic amines is 1. The molecule has 0 aliphatic heterocycles. The molecule has 0 aromatic carbocycles. The summed E-state index contributed by atoms with van der Waals surface area (Å²) in [7, 11) is 0. The van der Waals surface area contributed by atoms with Crippen molar-refractivity contribution in [2.24, 2.45) is 0 Å². The maximum absolute atomic E-state index is 13.4. The van der Waals surface area contributed by atoms with E-state index in [1.54, 1.807) is 30.9 Å². The number of rotatable bonds is 5. The highest BCUT2D eigenvalue weighted by atomic mass is 19.1. The van der Waals surface area contributed by atoms with Gasteiger partial charge in [0.2, 0.25) is 0 Å². The van der Waals surface area contributed by atoms with Crippen molar-refractivity contribution < 1.29 is 4.39 Å². The molecule has 1 unspecified atom stereocenters. The number of H-pyrrole nitrogens is 1. The first-order chi connectivity index (χ1) is 13.3. The normalized spacial score (nSPS) is 12.0. The number of hydrogen-bond donors (Lipinski definition) is 2. The summed E-state index contributed by atoms with van der Waals surface area (Å²) in [6.45, 7) is 0.402. The third kappa shape index (κ3) is 3.38. The molecule has 0 amide bonds. The van der Waals surface area contributed by atoms with Crippen LogP contribution in [0.2, 0.25) is 0 Å². The zero-order valence-electron chi connectivity index (χ0n) is 14.2. The minimum Gasteiger partial charge on any atom is -0.346 e. The van der Waals surface area contributed by atoms with E-state index >= 15 is 0 Å². The number of fused-ring (bicyclic) bond motifs is 1. The molecule has 0 radical (unpaired) electrons. The molecule has 0 bridgehead atoms. The van der Waals surface area contributed by atoms with Crippen LogP contribution in [0.3, 0.4) is 0 Å². The molecule has 1 atom stereocenters. The number of aromatic nitrogens is 4. The quantitative estimate of drug-likeness (QED) is 0.571. The number of halogens is 1. The SMILES string of the molecule is N#Cc1ccnc2[nH]cc(C(NCc3cncc(F)c3)c3cccnc3)c12. The number of pyridine rings is 3. The van der Waals surface area contributed by atoms with Crippen LogP contribution in [0.4, 0.5) is 4.39 Å². The molecule has 0 saturated heterocycles. The summed E-state index contributed by atoms with van der Waals surface area (Å²) >= 11 is 0. The Morgan fingerprint density at radius 2 is 2.11 bits per heavy atom. The number of hydrogen-bond acceptors (Lipinski definition) is 5. The molecule has 0 aliphatic carbocycles. The Labute approximate surface area is 154 Å². The first kappa shape index (κ1) is 16.8. The van der Waals surface area contributed by atoms with Crippen molar-refractivity contribution >= 4 is 11.0 Å². The summed E-state index contributed by atoms with van der Waals surface area (Å²) in [4.78, 5) is 15.5. The lowest BCUT2D eigenvalue weighted by Gasteiger charge is -2.19. The standard InChI is InChI=1S/C20H15FN6/c21-16-6-13(8-24-11-16)9-26-19(15-2-1-4-23-10-15)17-12-27-20-18(17)14(7-22)3-5-25-20/h1-6,8,10-12,19,26H,9H2,(H,25,27). The molecule has 7 heteroatoms. The molecule has 4 heterocycles. The van der Waals surface area contributed by atoms with Crippen molar-refractivity contribution in [3.63, 3.8) is 0 Å². The zero-order valence-corrected chi connectivity index (χ0v) is 14.2. The van der Waals surface area contributed by atoms with E-state index in [0.29, 0.717) is 17.8 Å². The van der Waals surface area contributed by atoms with Gasteiger partial charge in [0, 0.05) is 48.5 Å². The van der Waals surface area contributed by atoms with Crippen LogP contribution < -0.4 is 5.32 Å². The van der Waals surface area contributed by atoms with E-state index in [-0.39, 0.29) is 11.9 Å². The van der Waals surface area contributed by atoms with Gasteiger partial charge in [0.15, 0.2) is 0 Å². The minimum absolute atomic E-state index is 0.257. The molecular weight excluding hydrogens is 343 g/mol. The third-order valence-electron chi connectivity index (χ3n) is 4.33. The highest BCUT2D eigenvalue weighted by Gasteiger charge is 2.20. The second-order valence-electron chi connectivity index (χ2n) is 6.05. The van der Waals surface area contributed by atoms with Crippen molar-refractivity contribution in [1.82, 2.24) is 25.3 Å². The fourth-order valence-corrected chi connectivity index (χ4v) is 3.13. The maximum atomic E-state index is 13.4. The largest absolute Gasteiger partial charge is 0.346 e. The summed E-state index contributed by atoms with van der Waals surface area (Å²) in [5.74, 6) is -0.379. The molecule has 0 fully saturated rings. The summed E-state index contributed by atoms with van der Waals surface area (Å²) in [5.41, 5.74) is 3.72. The van der Waals surface area contributed by atoms with Crippen molar-refractivity contribution in [2.75, 3.05) is 0 Å². The molecule has 0 saturated carbocycles. The lowest BCUT2D eigenvalue weighted by atomic mass is 9.98. The summed E-state index contributed by atoms with van der Waals surface area (Å²) in [6.07, 6.45) is 9.71. The van der Waals surface area contributed by atoms with Crippen LogP contribution >= 0.6 is 0 Å². The molecule has 4 rings (SSSR count). The average molecular weight is 358 g/mol. The second-order valence-corrected chi connectivity index (χ2v) is 6.05. The second kappa shape index (κ2) is 7.32. The molecule has 6 nitrogen and oxygen atoms in total. The Hall–Kier alpha value is -3.63. The van der Waals surface area contributed by atoms with Crippen LogP contribution in [-0.4, -0.2) is 19.9 Å². The van der Waals surface area contributed by atoms with Gasteiger partial charge in [-0.2, -0.15) is 5.26 Å². The smallest absolute Gasteiger partial charge is 0.141 e. The van der Waals surface area contributed by atoms with Gasteiger partial charge in [-0.15, -0.1) is 0 Å². The van der Waals surface area contributed by atoms with E-state index in [2.05, 4.69) is 31.3 Å². The van der Waals surface area contributed by atoms with Gasteiger partial charge in [-0.05, 0) is 29.3 Å². The summed E-state index contributed by atoms with van der Waals surface area (Å²) in [6, 6.07) is 8.90. The fourth-order valence-electron chi connectivity index (χ4n) is 3.13. The first-order valence-corrected chi connectivity index (χ1v) is 8.35. The van der Waals surface area contributed by atoms with Crippen molar-refractivity contribution in [3.05, 3.63) is 89.5 Å². The molecule has 4 aromatic rings. The van der Waals surface area contributed by atoms with Crippen LogP contribution in [-0.2, 0) is 6.54 Å². The Balaban J connectivity index is 1.76. The fraction of sp³-hybridized carbons (Fsp3) is 0.100. The summed E-state index contributed by atoms with van der Waals surface area (Å²) < 4.78 is 13.4. The van der Waals surface area contributed by atoms with E-state index in [1.807, 2.05) is 18.3 Å². The Bertz CT molecular complexity index is 1120. The Morgan fingerprint density at radius 3 is 2.89 bits per heavy atom. The maximum Gasteiger partial charge on any atom is 0.141 e. The Kier molecular flexibility index (Phi) is 4.56. The van der Waals surface area contributed by atoms with Crippen LogP contribution in [0.1, 0.15) is 28.3 Å². The predicted molar refractivity (Wildman–Crippen MR) is 97.9 cm³/mol. The average Bonchev–Trinajstić information content (AvgIpc) is 3.13. The van der Waals surface area contributed by atoms with Crippen molar-refractivity contribution in [1.29, 1.82) is 5.26 Å². The highest BCUT2D eigenvalue weighted by Crippen LogP contribution is 2.30. The number of nitrogens with one attached hydrogen (secondary N) is 2. The van der Waals surface area contributed by atoms with Crippen LogP contribution in [0.25, 0.3) is 11.0 Å². The van der Waals surface area contributed by atoms with Crippen molar-refractivity contribution in [3.8, 4) is 6.07 Å². The van der Waals surface area contributed by atoms with Gasteiger partial charge in [0.1, 0.15) is 11.5 Å². The van der Waals surface area contributed by atoms with Gasteiger partial charge in [-0.1, -0.05) is 6.07 Å². The highest BCUT2D eigenvalue weighted by molar-refractivity contribution is 5.86. The monoisotopic (exact) mass is 358 g/mol. The molecule has 2 N–H and O–H groups in total. The molecule has 132 valence electrons. The van der Waals surface area contributed by atoms with Crippen LogP contribution in [0, 0.1) is 17.1 Å². The first-order valence-electron chi connectivity index (χ1n) is 8.35. The molecule has 4 aromatic heterocycles. The lowest BCUT2D eigenvalue weighted by Crippen LogP contribution is -2.22. The van der Waals surface area contributed by atoms with E-state index in [0.717, 1.165) is 22.1 Å². The van der Waals surface area contributed by atoms with E-state index in [1.165, 1.54) is 12.3 Å². The van der Waals surface area contributed by atoms with Gasteiger partial charge in [-0.25, -0.2) is 9.37 Å². The van der Waals surface area contributed by atoms with Crippen molar-refractivity contribution in [2.45, 2.75) is 12.6 Å². The zero-order chi connectivity index (χ0) is 18.6. The molecule has 27 heavy (non-hydrogen) atoms. The van der Waals surface area contributed by atoms with Gasteiger partial charge in [0.25, 0.3) is 0 Å².